The van der Waals surface area contributed by atoms with E-state index in [9.17, 15) is 31.6 Å². The third kappa shape index (κ3) is 4.45. The van der Waals surface area contributed by atoms with E-state index in [-0.39, 0.29) is 16.7 Å². The lowest BCUT2D eigenvalue weighted by Crippen LogP contribution is -2.31. The lowest BCUT2D eigenvalue weighted by molar-refractivity contribution is -0.832. The summed E-state index contributed by atoms with van der Waals surface area (Å²) in [6.45, 7) is 2.54. The Balaban J connectivity index is 2.05. The Labute approximate surface area is 182 Å². The number of carbonyl (C=O) groups is 2. The molecule has 3 aromatic rings. The maximum absolute atomic E-state index is 13.0. The minimum absolute atomic E-state index is 0.295. The summed E-state index contributed by atoms with van der Waals surface area (Å²) in [7, 11) is -9.26. The van der Waals surface area contributed by atoms with E-state index < -0.39 is 39.5 Å². The fraction of sp³-hybridized carbons (Fsp3) is 0.111. The van der Waals surface area contributed by atoms with Crippen molar-refractivity contribution in [3.63, 3.8) is 0 Å². The number of anilines is 2. The second-order valence-corrected chi connectivity index (χ2v) is 10.2. The molecule has 0 aliphatic heterocycles. The highest BCUT2D eigenvalue weighted by atomic mass is 32.2. The van der Waals surface area contributed by atoms with Gasteiger partial charge in [0, 0.05) is 25.2 Å². The van der Waals surface area contributed by atoms with Crippen molar-refractivity contribution in [1.29, 1.82) is 0 Å². The Morgan fingerprint density at radius 2 is 1.22 bits per heavy atom. The van der Waals surface area contributed by atoms with Crippen molar-refractivity contribution in [1.82, 2.24) is 5.16 Å². The molecular formula is C18H16N4O8S2. The molecule has 0 atom stereocenters. The summed E-state index contributed by atoms with van der Waals surface area (Å²) >= 11 is 0. The zero-order valence-corrected chi connectivity index (χ0v) is 18.2. The van der Waals surface area contributed by atoms with E-state index >= 15 is 0 Å². The molecule has 32 heavy (non-hydrogen) atoms. The first kappa shape index (κ1) is 22.9. The number of hydrogen-bond acceptors (Lipinski definition) is 9. The molecule has 12 nitrogen and oxygen atoms in total. The fourth-order valence-corrected chi connectivity index (χ4v) is 5.70. The summed E-state index contributed by atoms with van der Waals surface area (Å²) in [4.78, 5) is 20.9. The SMILES string of the molecule is CC(=O)Nc1ccc(S(=O)(=O)c2no[n+]([O-])c2S(=O)(=O)c2ccc(NC(C)=O)cc2)cc1. The topological polar surface area (TPSA) is 179 Å². The molecule has 0 saturated heterocycles. The molecule has 0 radical (unpaired) electrons. The summed E-state index contributed by atoms with van der Waals surface area (Å²) in [5.41, 5.74) is 0.603. The van der Waals surface area contributed by atoms with E-state index in [2.05, 4.69) is 20.4 Å². The summed E-state index contributed by atoms with van der Waals surface area (Å²) in [6.07, 6.45) is 0. The number of carbonyl (C=O) groups excluding carboxylic acids is 2. The van der Waals surface area contributed by atoms with Crippen LogP contribution in [-0.4, -0.2) is 33.8 Å². The smallest absolute Gasteiger partial charge is 0.355 e. The summed E-state index contributed by atoms with van der Waals surface area (Å²) in [5.74, 6) is -0.752. The summed E-state index contributed by atoms with van der Waals surface area (Å²) in [6, 6.07) is 9.52. The van der Waals surface area contributed by atoms with Gasteiger partial charge in [0.25, 0.3) is 19.7 Å². The van der Waals surface area contributed by atoms with Crippen LogP contribution in [0.2, 0.25) is 0 Å². The van der Waals surface area contributed by atoms with Crippen LogP contribution in [0.3, 0.4) is 0 Å². The maximum atomic E-state index is 13.0. The molecule has 0 bridgehead atoms. The highest BCUT2D eigenvalue weighted by molar-refractivity contribution is 7.94. The van der Waals surface area contributed by atoms with Gasteiger partial charge in [-0.1, -0.05) is 0 Å². The molecule has 2 aromatic carbocycles. The first-order valence-corrected chi connectivity index (χ1v) is 11.7. The normalized spacial score (nSPS) is 11.7. The molecule has 0 aliphatic carbocycles. The molecule has 1 heterocycles. The molecular weight excluding hydrogens is 464 g/mol. The van der Waals surface area contributed by atoms with Crippen molar-refractivity contribution in [3.05, 3.63) is 53.7 Å². The Bertz CT molecular complexity index is 1390. The highest BCUT2D eigenvalue weighted by Gasteiger charge is 2.42. The van der Waals surface area contributed by atoms with Crippen LogP contribution in [0.4, 0.5) is 11.4 Å². The third-order valence-electron chi connectivity index (χ3n) is 4.03. The fourth-order valence-electron chi connectivity index (χ4n) is 2.67. The average Bonchev–Trinajstić information content (AvgIpc) is 3.11. The standard InChI is InChI=1S/C18H16N4O8S2/c1-11(23)19-13-3-7-15(8-4-13)31(26,27)17-18(22(25)30-21-17)32(28,29)16-9-5-14(6-10-16)20-12(2)24/h3-10H,1-2H3,(H,19,23)(H,20,24). The van der Waals surface area contributed by atoms with Crippen molar-refractivity contribution in [3.8, 4) is 0 Å². The van der Waals surface area contributed by atoms with E-state index in [1.807, 2.05) is 0 Å². The van der Waals surface area contributed by atoms with Crippen LogP contribution in [0, 0.1) is 5.21 Å². The maximum Gasteiger partial charge on any atom is 0.355 e. The molecule has 14 heteroatoms. The molecule has 0 fully saturated rings. The van der Waals surface area contributed by atoms with E-state index in [0.717, 1.165) is 24.3 Å². The monoisotopic (exact) mass is 480 g/mol. The minimum Gasteiger partial charge on any atom is -0.358 e. The predicted molar refractivity (Wildman–Crippen MR) is 108 cm³/mol. The average molecular weight is 480 g/mol. The Kier molecular flexibility index (Phi) is 6.00. The van der Waals surface area contributed by atoms with Crippen LogP contribution in [-0.2, 0) is 29.3 Å². The molecule has 0 aliphatic rings. The molecule has 168 valence electrons. The number of nitrogens with zero attached hydrogens (tertiary/aromatic N) is 2. The van der Waals surface area contributed by atoms with Crippen molar-refractivity contribution in [2.45, 2.75) is 33.7 Å². The van der Waals surface area contributed by atoms with Crippen molar-refractivity contribution in [2.24, 2.45) is 0 Å². The van der Waals surface area contributed by atoms with Gasteiger partial charge in [0.1, 0.15) is 0 Å². The predicted octanol–water partition coefficient (Wildman–Crippen LogP) is 0.890. The minimum atomic E-state index is -4.67. The number of nitrogens with one attached hydrogen (secondary N) is 2. The third-order valence-corrected chi connectivity index (χ3v) is 7.57. The van der Waals surface area contributed by atoms with Gasteiger partial charge >= 0.3 is 10.1 Å². The molecule has 2 N–H and O–H groups in total. The summed E-state index contributed by atoms with van der Waals surface area (Å²) in [5, 5.41) is 17.8. The van der Waals surface area contributed by atoms with Gasteiger partial charge in [0.2, 0.25) is 11.8 Å². The number of aromatic nitrogens is 2. The van der Waals surface area contributed by atoms with E-state index in [0.29, 0.717) is 11.4 Å². The molecule has 2 amide bonds. The van der Waals surface area contributed by atoms with Gasteiger partial charge in [-0.25, -0.2) is 16.8 Å². The molecule has 1 aromatic heterocycles. The van der Waals surface area contributed by atoms with Crippen molar-refractivity contribution < 1.29 is 36.0 Å². The van der Waals surface area contributed by atoms with E-state index in [1.165, 1.54) is 38.1 Å². The number of sulfone groups is 2. The van der Waals surface area contributed by atoms with Crippen LogP contribution < -0.4 is 15.5 Å². The van der Waals surface area contributed by atoms with Gasteiger partial charge in [-0.3, -0.25) is 14.2 Å². The number of rotatable bonds is 6. The quantitative estimate of drug-likeness (QED) is 0.484. The van der Waals surface area contributed by atoms with Gasteiger partial charge < -0.3 is 15.8 Å². The summed E-state index contributed by atoms with van der Waals surface area (Å²) < 4.78 is 56.3. The van der Waals surface area contributed by atoms with Crippen LogP contribution in [0.25, 0.3) is 0 Å². The second-order valence-electron chi connectivity index (χ2n) is 6.46. The second kappa shape index (κ2) is 8.39. The van der Waals surface area contributed by atoms with Gasteiger partial charge in [0.05, 0.1) is 14.9 Å². The number of hydrogen-bond donors (Lipinski definition) is 2. The number of amides is 2. The van der Waals surface area contributed by atoms with Gasteiger partial charge in [-0.05, 0) is 53.4 Å². The van der Waals surface area contributed by atoms with Crippen LogP contribution in [0.1, 0.15) is 13.8 Å². The first-order chi connectivity index (χ1) is 14.9. The molecule has 0 saturated carbocycles. The van der Waals surface area contributed by atoms with Crippen molar-refractivity contribution >= 4 is 42.9 Å². The van der Waals surface area contributed by atoms with E-state index in [4.69, 9.17) is 0 Å². The lowest BCUT2D eigenvalue weighted by Gasteiger charge is -2.06. The zero-order chi connectivity index (χ0) is 23.7. The van der Waals surface area contributed by atoms with Crippen molar-refractivity contribution in [2.75, 3.05) is 10.6 Å². The zero-order valence-electron chi connectivity index (χ0n) is 16.6. The Hall–Kier alpha value is -3.78. The van der Waals surface area contributed by atoms with Gasteiger partial charge in [-0.2, -0.15) is 0 Å². The van der Waals surface area contributed by atoms with Gasteiger partial charge in [0.15, 0.2) is 0 Å². The number of benzene rings is 2. The molecule has 0 spiro atoms. The van der Waals surface area contributed by atoms with E-state index in [1.54, 1.807) is 0 Å². The van der Waals surface area contributed by atoms with Gasteiger partial charge in [-0.15, -0.1) is 0 Å². The molecule has 3 rings (SSSR count). The largest absolute Gasteiger partial charge is 0.358 e. The first-order valence-electron chi connectivity index (χ1n) is 8.78. The van der Waals surface area contributed by atoms with Crippen LogP contribution in [0.15, 0.2) is 73.0 Å². The lowest BCUT2D eigenvalue weighted by atomic mass is 10.3. The Morgan fingerprint density at radius 3 is 1.62 bits per heavy atom. The van der Waals surface area contributed by atoms with Crippen LogP contribution in [0.5, 0.6) is 0 Å². The highest BCUT2D eigenvalue weighted by Crippen LogP contribution is 2.29. The molecule has 0 unspecified atom stereocenters. The van der Waals surface area contributed by atoms with Crippen LogP contribution >= 0.6 is 0 Å². The Morgan fingerprint density at radius 1 is 0.812 bits per heavy atom.